The lowest BCUT2D eigenvalue weighted by Gasteiger charge is -2.11. The van der Waals surface area contributed by atoms with E-state index in [-0.39, 0.29) is 5.78 Å². The predicted molar refractivity (Wildman–Crippen MR) is 74.6 cm³/mol. The fourth-order valence-corrected chi connectivity index (χ4v) is 2.28. The maximum Gasteiger partial charge on any atom is 0.201 e. The number of carbonyl (C=O) groups is 1. The number of benzene rings is 2. The zero-order valence-corrected chi connectivity index (χ0v) is 11.3. The summed E-state index contributed by atoms with van der Waals surface area (Å²) in [7, 11) is 0. The molecule has 0 radical (unpaired) electrons. The third kappa shape index (κ3) is 2.18. The molecule has 0 N–H and O–H groups in total. The fourth-order valence-electron chi connectivity index (χ4n) is 2.16. The summed E-state index contributed by atoms with van der Waals surface area (Å²) in [4.78, 5) is 12.6. The molecule has 19 heavy (non-hydrogen) atoms. The molecule has 1 fully saturated rings. The molecule has 1 heterocycles. The van der Waals surface area contributed by atoms with E-state index in [1.54, 1.807) is 24.3 Å². The van der Waals surface area contributed by atoms with Crippen molar-refractivity contribution in [1.29, 1.82) is 0 Å². The Morgan fingerprint density at radius 1 is 1.11 bits per heavy atom. The molecule has 0 spiro atoms. The highest BCUT2D eigenvalue weighted by Crippen LogP contribution is 2.41. The molecule has 96 valence electrons. The molecule has 0 saturated carbocycles. The van der Waals surface area contributed by atoms with E-state index in [0.29, 0.717) is 17.2 Å². The van der Waals surface area contributed by atoms with E-state index in [4.69, 9.17) is 16.3 Å². The van der Waals surface area contributed by atoms with Crippen LogP contribution in [0, 0.1) is 6.92 Å². The number of halogens is 1. The SMILES string of the molecule is Cc1ccc(C2(C(=O)c3ccc(Cl)cc3)CO2)cc1. The van der Waals surface area contributed by atoms with Crippen LogP contribution in [0.2, 0.25) is 5.02 Å². The van der Waals surface area contributed by atoms with Gasteiger partial charge in [-0.25, -0.2) is 0 Å². The molecule has 3 heteroatoms. The fraction of sp³-hybridized carbons (Fsp3) is 0.188. The van der Waals surface area contributed by atoms with Crippen LogP contribution >= 0.6 is 11.6 Å². The average molecular weight is 273 g/mol. The predicted octanol–water partition coefficient (Wildman–Crippen LogP) is 3.76. The van der Waals surface area contributed by atoms with Gasteiger partial charge in [0.1, 0.15) is 0 Å². The van der Waals surface area contributed by atoms with Gasteiger partial charge in [0.05, 0.1) is 6.61 Å². The van der Waals surface area contributed by atoms with E-state index in [2.05, 4.69) is 0 Å². The van der Waals surface area contributed by atoms with Crippen molar-refractivity contribution in [2.24, 2.45) is 0 Å². The minimum Gasteiger partial charge on any atom is -0.356 e. The Bertz CT molecular complexity index is 610. The number of hydrogen-bond donors (Lipinski definition) is 0. The van der Waals surface area contributed by atoms with E-state index >= 15 is 0 Å². The van der Waals surface area contributed by atoms with Crippen LogP contribution in [0.15, 0.2) is 48.5 Å². The topological polar surface area (TPSA) is 29.6 Å². The van der Waals surface area contributed by atoms with Crippen molar-refractivity contribution >= 4 is 17.4 Å². The van der Waals surface area contributed by atoms with Crippen LogP contribution in [0.5, 0.6) is 0 Å². The molecule has 2 aromatic rings. The lowest BCUT2D eigenvalue weighted by Crippen LogP contribution is -2.22. The van der Waals surface area contributed by atoms with Crippen LogP contribution in [0.4, 0.5) is 0 Å². The van der Waals surface area contributed by atoms with Gasteiger partial charge >= 0.3 is 0 Å². The highest BCUT2D eigenvalue weighted by atomic mass is 35.5. The number of epoxide rings is 1. The molecular formula is C16H13ClO2. The van der Waals surface area contributed by atoms with Gasteiger partial charge in [-0.3, -0.25) is 4.79 Å². The molecule has 1 unspecified atom stereocenters. The smallest absolute Gasteiger partial charge is 0.201 e. The lowest BCUT2D eigenvalue weighted by molar-refractivity contribution is 0.0871. The van der Waals surface area contributed by atoms with Crippen LogP contribution in [-0.4, -0.2) is 12.4 Å². The van der Waals surface area contributed by atoms with Gasteiger partial charge in [-0.15, -0.1) is 0 Å². The van der Waals surface area contributed by atoms with Crippen LogP contribution in [0.25, 0.3) is 0 Å². The molecule has 0 bridgehead atoms. The molecular weight excluding hydrogens is 260 g/mol. The number of ether oxygens (including phenoxy) is 1. The number of carbonyl (C=O) groups excluding carboxylic acids is 1. The van der Waals surface area contributed by atoms with Crippen molar-refractivity contribution < 1.29 is 9.53 Å². The minimum atomic E-state index is -0.790. The van der Waals surface area contributed by atoms with E-state index in [9.17, 15) is 4.79 Å². The van der Waals surface area contributed by atoms with Crippen LogP contribution in [-0.2, 0) is 10.3 Å². The zero-order chi connectivity index (χ0) is 13.5. The summed E-state index contributed by atoms with van der Waals surface area (Å²) in [5.74, 6) is -0.00646. The summed E-state index contributed by atoms with van der Waals surface area (Å²) in [6.45, 7) is 2.46. The van der Waals surface area contributed by atoms with Crippen molar-refractivity contribution in [2.75, 3.05) is 6.61 Å². The summed E-state index contributed by atoms with van der Waals surface area (Å²) >= 11 is 5.84. The Kier molecular flexibility index (Phi) is 2.92. The van der Waals surface area contributed by atoms with E-state index in [1.165, 1.54) is 5.56 Å². The molecule has 0 amide bonds. The first-order chi connectivity index (χ1) is 9.12. The van der Waals surface area contributed by atoms with Gasteiger partial charge < -0.3 is 4.74 Å². The summed E-state index contributed by atoms with van der Waals surface area (Å²) in [5.41, 5.74) is 1.92. The van der Waals surface area contributed by atoms with Gasteiger partial charge in [0, 0.05) is 10.6 Å². The second-order valence-electron chi connectivity index (χ2n) is 4.82. The van der Waals surface area contributed by atoms with Gasteiger partial charge in [0.25, 0.3) is 0 Å². The summed E-state index contributed by atoms with van der Waals surface area (Å²) < 4.78 is 5.49. The normalized spacial score (nSPS) is 21.2. The number of rotatable bonds is 3. The van der Waals surface area contributed by atoms with Gasteiger partial charge in [0.15, 0.2) is 5.60 Å². The van der Waals surface area contributed by atoms with Crippen molar-refractivity contribution in [3.05, 3.63) is 70.2 Å². The first-order valence-electron chi connectivity index (χ1n) is 6.13. The molecule has 3 rings (SSSR count). The molecule has 2 aromatic carbocycles. The standard InChI is InChI=1S/C16H13ClO2/c1-11-2-6-13(7-3-11)16(10-19-16)15(18)12-4-8-14(17)9-5-12/h2-9H,10H2,1H3. The molecule has 1 aliphatic rings. The summed E-state index contributed by atoms with van der Waals surface area (Å²) in [6, 6.07) is 14.8. The molecule has 0 aliphatic carbocycles. The maximum absolute atomic E-state index is 12.6. The Hall–Kier alpha value is -1.64. The zero-order valence-electron chi connectivity index (χ0n) is 10.5. The Labute approximate surface area is 117 Å². The highest BCUT2D eigenvalue weighted by molar-refractivity contribution is 6.30. The van der Waals surface area contributed by atoms with Crippen LogP contribution in [0.1, 0.15) is 21.5 Å². The van der Waals surface area contributed by atoms with Gasteiger partial charge in [0.2, 0.25) is 5.78 Å². The number of hydrogen-bond acceptors (Lipinski definition) is 2. The van der Waals surface area contributed by atoms with Crippen molar-refractivity contribution in [3.63, 3.8) is 0 Å². The summed E-state index contributed by atoms with van der Waals surface area (Å²) in [5, 5.41) is 0.623. The van der Waals surface area contributed by atoms with Crippen LogP contribution < -0.4 is 0 Å². The number of ketones is 1. The molecule has 1 aliphatic heterocycles. The summed E-state index contributed by atoms with van der Waals surface area (Å²) in [6.07, 6.45) is 0. The maximum atomic E-state index is 12.6. The number of Topliss-reactive ketones (excluding diaryl/α,β-unsaturated/α-hetero) is 1. The first kappa shape index (κ1) is 12.4. The van der Waals surface area contributed by atoms with E-state index in [1.807, 2.05) is 31.2 Å². The third-order valence-electron chi connectivity index (χ3n) is 3.42. The number of aryl methyl sites for hydroxylation is 1. The molecule has 2 nitrogen and oxygen atoms in total. The molecule has 0 aromatic heterocycles. The largest absolute Gasteiger partial charge is 0.356 e. The lowest BCUT2D eigenvalue weighted by atomic mass is 9.90. The Morgan fingerprint density at radius 3 is 2.21 bits per heavy atom. The second kappa shape index (κ2) is 4.48. The molecule has 1 atom stereocenters. The monoisotopic (exact) mass is 272 g/mol. The Balaban J connectivity index is 1.94. The van der Waals surface area contributed by atoms with E-state index < -0.39 is 5.60 Å². The van der Waals surface area contributed by atoms with Crippen molar-refractivity contribution in [1.82, 2.24) is 0 Å². The average Bonchev–Trinajstić information content (AvgIpc) is 3.21. The third-order valence-corrected chi connectivity index (χ3v) is 3.68. The van der Waals surface area contributed by atoms with Crippen molar-refractivity contribution in [3.8, 4) is 0 Å². The highest BCUT2D eigenvalue weighted by Gasteiger charge is 2.53. The van der Waals surface area contributed by atoms with E-state index in [0.717, 1.165) is 5.56 Å². The quantitative estimate of drug-likeness (QED) is 0.629. The van der Waals surface area contributed by atoms with Crippen molar-refractivity contribution in [2.45, 2.75) is 12.5 Å². The second-order valence-corrected chi connectivity index (χ2v) is 5.25. The molecule has 1 saturated heterocycles. The van der Waals surface area contributed by atoms with Gasteiger partial charge in [-0.05, 0) is 36.8 Å². The first-order valence-corrected chi connectivity index (χ1v) is 6.51. The van der Waals surface area contributed by atoms with Gasteiger partial charge in [-0.2, -0.15) is 0 Å². The van der Waals surface area contributed by atoms with Gasteiger partial charge in [-0.1, -0.05) is 41.4 Å². The minimum absolute atomic E-state index is 0.00646. The van der Waals surface area contributed by atoms with Crippen LogP contribution in [0.3, 0.4) is 0 Å². The Morgan fingerprint density at radius 2 is 1.68 bits per heavy atom.